The van der Waals surface area contributed by atoms with Gasteiger partial charge in [0, 0.05) is 30.1 Å². The summed E-state index contributed by atoms with van der Waals surface area (Å²) in [6.07, 6.45) is 5.27. The van der Waals surface area contributed by atoms with Crippen molar-refractivity contribution in [1.82, 2.24) is 9.80 Å². The van der Waals surface area contributed by atoms with Crippen LogP contribution in [0, 0.1) is 5.92 Å². The molecule has 1 aromatic rings. The number of para-hydroxylation sites is 1. The fourth-order valence-electron chi connectivity index (χ4n) is 4.60. The Morgan fingerprint density at radius 2 is 1.81 bits per heavy atom. The van der Waals surface area contributed by atoms with Gasteiger partial charge in [-0.25, -0.2) is 0 Å². The van der Waals surface area contributed by atoms with Crippen LogP contribution in [0.1, 0.15) is 32.1 Å². The summed E-state index contributed by atoms with van der Waals surface area (Å²) in [5, 5.41) is 0. The lowest BCUT2D eigenvalue weighted by atomic mass is 10.1. The van der Waals surface area contributed by atoms with Crippen molar-refractivity contribution < 1.29 is 9.59 Å². The van der Waals surface area contributed by atoms with E-state index in [4.69, 9.17) is 0 Å². The highest BCUT2D eigenvalue weighted by Gasteiger charge is 2.43. The van der Waals surface area contributed by atoms with Gasteiger partial charge in [0.15, 0.2) is 0 Å². The third kappa shape index (κ3) is 3.41. The molecule has 0 spiro atoms. The first-order valence-corrected chi connectivity index (χ1v) is 10.5. The van der Waals surface area contributed by atoms with E-state index < -0.39 is 5.92 Å². The minimum atomic E-state index is -0.513. The van der Waals surface area contributed by atoms with Gasteiger partial charge in [0.25, 0.3) is 0 Å². The van der Waals surface area contributed by atoms with Gasteiger partial charge in [-0.15, -0.1) is 0 Å². The molecule has 3 fully saturated rings. The largest absolute Gasteiger partial charge is 0.338 e. The van der Waals surface area contributed by atoms with Crippen LogP contribution in [0.4, 0.5) is 5.69 Å². The van der Waals surface area contributed by atoms with Gasteiger partial charge in [0.05, 0.1) is 5.69 Å². The molecule has 4 rings (SSSR count). The normalized spacial score (nSPS) is 26.9. The van der Waals surface area contributed by atoms with Gasteiger partial charge in [-0.3, -0.25) is 9.59 Å². The van der Waals surface area contributed by atoms with E-state index in [-0.39, 0.29) is 17.9 Å². The summed E-state index contributed by atoms with van der Waals surface area (Å²) in [5.41, 5.74) is 0.864. The molecule has 0 N–H and O–H groups in total. The van der Waals surface area contributed by atoms with Crippen LogP contribution in [0.2, 0.25) is 0 Å². The molecule has 0 bridgehead atoms. The van der Waals surface area contributed by atoms with Crippen molar-refractivity contribution in [3.63, 3.8) is 0 Å². The van der Waals surface area contributed by atoms with E-state index in [2.05, 4.69) is 20.8 Å². The number of carbonyl (C=O) groups excluding carboxylic acids is 2. The molecule has 2 atom stereocenters. The topological polar surface area (TPSA) is 43.9 Å². The maximum absolute atomic E-state index is 13.2. The van der Waals surface area contributed by atoms with E-state index in [9.17, 15) is 9.59 Å². The third-order valence-corrected chi connectivity index (χ3v) is 6.65. The van der Waals surface area contributed by atoms with Crippen LogP contribution in [-0.4, -0.2) is 60.4 Å². The molecule has 1 aromatic carbocycles. The fourth-order valence-corrected chi connectivity index (χ4v) is 5.10. The van der Waals surface area contributed by atoms with Crippen molar-refractivity contribution in [2.45, 2.75) is 38.1 Å². The molecular weight excluding hydrogens is 394 g/mol. The number of carbonyl (C=O) groups is 2. The highest BCUT2D eigenvalue weighted by Crippen LogP contribution is 2.33. The zero-order valence-corrected chi connectivity index (χ0v) is 16.7. The van der Waals surface area contributed by atoms with Crippen LogP contribution in [0.5, 0.6) is 0 Å². The van der Waals surface area contributed by atoms with Crippen LogP contribution in [0.25, 0.3) is 0 Å². The second kappa shape index (κ2) is 7.69. The molecule has 5 nitrogen and oxygen atoms in total. The van der Waals surface area contributed by atoms with Crippen molar-refractivity contribution in [1.29, 1.82) is 0 Å². The zero-order chi connectivity index (χ0) is 18.1. The number of benzene rings is 1. The second-order valence-electron chi connectivity index (χ2n) is 7.62. The molecule has 2 amide bonds. The lowest BCUT2D eigenvalue weighted by Gasteiger charge is -2.30. The first-order valence-electron chi connectivity index (χ1n) is 9.74. The Bertz CT molecular complexity index is 689. The summed E-state index contributed by atoms with van der Waals surface area (Å²) in [6, 6.07) is 8.01. The Kier molecular flexibility index (Phi) is 5.32. The van der Waals surface area contributed by atoms with Gasteiger partial charge in [-0.2, -0.15) is 0 Å². The van der Waals surface area contributed by atoms with Crippen LogP contribution >= 0.6 is 15.9 Å². The summed E-state index contributed by atoms with van der Waals surface area (Å²) in [4.78, 5) is 32.3. The van der Waals surface area contributed by atoms with Gasteiger partial charge >= 0.3 is 0 Å². The second-order valence-corrected chi connectivity index (χ2v) is 8.47. The molecule has 0 radical (unpaired) electrons. The fraction of sp³-hybridized carbons (Fsp3) is 0.600. The summed E-state index contributed by atoms with van der Waals surface area (Å²) in [6.45, 7) is 4.69. The third-order valence-electron chi connectivity index (χ3n) is 5.97. The average molecular weight is 420 g/mol. The molecule has 140 valence electrons. The Morgan fingerprint density at radius 1 is 1.04 bits per heavy atom. The first kappa shape index (κ1) is 18.0. The molecule has 2 unspecified atom stereocenters. The van der Waals surface area contributed by atoms with Crippen molar-refractivity contribution >= 4 is 33.4 Å². The maximum Gasteiger partial charge on any atom is 0.239 e. The standard InChI is InChI=1S/C20H26BrN3O2/c21-17-7-1-2-8-18(17)24-13-9-16(20(24)26)19(25)23-12-5-6-15(23)14-22-10-3-4-11-22/h1-2,7-8,15-16H,3-6,9-14H2. The van der Waals surface area contributed by atoms with Crippen LogP contribution in [-0.2, 0) is 9.59 Å². The number of hydrogen-bond donors (Lipinski definition) is 0. The van der Waals surface area contributed by atoms with Gasteiger partial charge < -0.3 is 14.7 Å². The number of anilines is 1. The smallest absolute Gasteiger partial charge is 0.239 e. The zero-order valence-electron chi connectivity index (χ0n) is 15.1. The highest BCUT2D eigenvalue weighted by molar-refractivity contribution is 9.10. The Hall–Kier alpha value is -1.40. The van der Waals surface area contributed by atoms with Crippen LogP contribution in [0.15, 0.2) is 28.7 Å². The van der Waals surface area contributed by atoms with Gasteiger partial charge in [-0.1, -0.05) is 12.1 Å². The molecule has 0 saturated carbocycles. The van der Waals surface area contributed by atoms with E-state index in [0.717, 1.165) is 49.2 Å². The van der Waals surface area contributed by atoms with Gasteiger partial charge in [-0.05, 0) is 73.3 Å². The number of rotatable bonds is 4. The number of amides is 2. The quantitative estimate of drug-likeness (QED) is 0.704. The number of nitrogens with zero attached hydrogens (tertiary/aromatic N) is 3. The number of hydrogen-bond acceptors (Lipinski definition) is 3. The molecule has 6 heteroatoms. The minimum absolute atomic E-state index is 0.0475. The maximum atomic E-state index is 13.2. The predicted octanol–water partition coefficient (Wildman–Crippen LogP) is 2.89. The summed E-state index contributed by atoms with van der Waals surface area (Å²) in [7, 11) is 0. The van der Waals surface area contributed by atoms with E-state index in [1.54, 1.807) is 4.90 Å². The summed E-state index contributed by atoms with van der Waals surface area (Å²) < 4.78 is 0.898. The molecule has 0 aliphatic carbocycles. The van der Waals surface area contributed by atoms with Gasteiger partial charge in [0.1, 0.15) is 5.92 Å². The Morgan fingerprint density at radius 3 is 2.58 bits per heavy atom. The van der Waals surface area contributed by atoms with Crippen molar-refractivity contribution in [3.05, 3.63) is 28.7 Å². The molecule has 0 aromatic heterocycles. The van der Waals surface area contributed by atoms with Gasteiger partial charge in [0.2, 0.25) is 11.8 Å². The van der Waals surface area contributed by atoms with E-state index in [0.29, 0.717) is 13.0 Å². The highest BCUT2D eigenvalue weighted by atomic mass is 79.9. The SMILES string of the molecule is O=C1C(C(=O)N2CCCC2CN2CCCC2)CCN1c1ccccc1Br. The van der Waals surface area contributed by atoms with Crippen LogP contribution < -0.4 is 4.90 Å². The summed E-state index contributed by atoms with van der Waals surface area (Å²) >= 11 is 3.52. The molecule has 3 saturated heterocycles. The van der Waals surface area contributed by atoms with E-state index in [1.807, 2.05) is 29.2 Å². The lowest BCUT2D eigenvalue weighted by Crippen LogP contribution is -2.46. The lowest BCUT2D eigenvalue weighted by molar-refractivity contribution is -0.140. The molecular formula is C20H26BrN3O2. The average Bonchev–Trinajstić information content (AvgIpc) is 3.37. The van der Waals surface area contributed by atoms with E-state index in [1.165, 1.54) is 12.8 Å². The molecule has 3 aliphatic rings. The van der Waals surface area contributed by atoms with Crippen molar-refractivity contribution in [2.75, 3.05) is 37.6 Å². The van der Waals surface area contributed by atoms with Crippen LogP contribution in [0.3, 0.4) is 0 Å². The Labute approximate surface area is 163 Å². The minimum Gasteiger partial charge on any atom is -0.338 e. The molecule has 3 aliphatic heterocycles. The number of likely N-dealkylation sites (tertiary alicyclic amines) is 2. The first-order chi connectivity index (χ1) is 12.6. The van der Waals surface area contributed by atoms with Crippen molar-refractivity contribution in [3.8, 4) is 0 Å². The number of halogens is 1. The van der Waals surface area contributed by atoms with E-state index >= 15 is 0 Å². The predicted molar refractivity (Wildman–Crippen MR) is 105 cm³/mol. The monoisotopic (exact) mass is 419 g/mol. The summed E-state index contributed by atoms with van der Waals surface area (Å²) in [5.74, 6) is -0.513. The molecule has 3 heterocycles. The Balaban J connectivity index is 1.44. The van der Waals surface area contributed by atoms with Crippen molar-refractivity contribution in [2.24, 2.45) is 5.92 Å². The molecule has 26 heavy (non-hydrogen) atoms.